The SMILES string of the molecule is CNc1nnc(C(=O)NCC2(C)CC2)s1. The van der Waals surface area contributed by atoms with Crippen molar-refractivity contribution in [3.8, 4) is 0 Å². The Morgan fingerprint density at radius 2 is 2.27 bits per heavy atom. The molecular weight excluding hydrogens is 212 g/mol. The van der Waals surface area contributed by atoms with E-state index >= 15 is 0 Å². The molecule has 5 nitrogen and oxygen atoms in total. The summed E-state index contributed by atoms with van der Waals surface area (Å²) in [5.41, 5.74) is 0.326. The average Bonchev–Trinajstić information content (AvgIpc) is 2.81. The lowest BCUT2D eigenvalue weighted by Gasteiger charge is -2.07. The van der Waals surface area contributed by atoms with E-state index in [1.807, 2.05) is 0 Å². The monoisotopic (exact) mass is 226 g/mol. The molecule has 1 aromatic heterocycles. The number of aromatic nitrogens is 2. The van der Waals surface area contributed by atoms with Crippen LogP contribution in [0.3, 0.4) is 0 Å². The zero-order chi connectivity index (χ0) is 10.9. The fraction of sp³-hybridized carbons (Fsp3) is 0.667. The fourth-order valence-electron chi connectivity index (χ4n) is 1.18. The molecule has 0 unspecified atom stereocenters. The van der Waals surface area contributed by atoms with Crippen molar-refractivity contribution >= 4 is 22.4 Å². The minimum atomic E-state index is -0.123. The zero-order valence-corrected chi connectivity index (χ0v) is 9.65. The second-order valence-corrected chi connectivity index (χ2v) is 5.13. The molecule has 0 bridgehead atoms. The van der Waals surface area contributed by atoms with Gasteiger partial charge in [-0.3, -0.25) is 4.79 Å². The molecule has 82 valence electrons. The first kappa shape index (κ1) is 10.4. The predicted molar refractivity (Wildman–Crippen MR) is 59.1 cm³/mol. The third-order valence-corrected chi connectivity index (χ3v) is 3.55. The highest BCUT2D eigenvalue weighted by molar-refractivity contribution is 7.17. The van der Waals surface area contributed by atoms with Crippen molar-refractivity contribution in [2.24, 2.45) is 5.41 Å². The molecule has 0 atom stereocenters. The van der Waals surface area contributed by atoms with Crippen LogP contribution < -0.4 is 10.6 Å². The van der Waals surface area contributed by atoms with Crippen molar-refractivity contribution in [3.63, 3.8) is 0 Å². The van der Waals surface area contributed by atoms with Gasteiger partial charge in [-0.1, -0.05) is 18.3 Å². The Bertz CT molecular complexity index is 372. The Labute approximate surface area is 92.3 Å². The minimum Gasteiger partial charge on any atom is -0.363 e. The number of nitrogens with one attached hydrogen (secondary N) is 2. The second-order valence-electron chi connectivity index (χ2n) is 4.16. The summed E-state index contributed by atoms with van der Waals surface area (Å²) in [6, 6.07) is 0. The maximum atomic E-state index is 11.6. The summed E-state index contributed by atoms with van der Waals surface area (Å²) in [6.45, 7) is 2.91. The van der Waals surface area contributed by atoms with Crippen LogP contribution in [-0.2, 0) is 0 Å². The molecule has 2 N–H and O–H groups in total. The highest BCUT2D eigenvalue weighted by atomic mass is 32.1. The van der Waals surface area contributed by atoms with Crippen LogP contribution in [0.5, 0.6) is 0 Å². The number of anilines is 1. The number of hydrogen-bond acceptors (Lipinski definition) is 5. The Kier molecular flexibility index (Phi) is 2.60. The Hall–Kier alpha value is -1.17. The van der Waals surface area contributed by atoms with Gasteiger partial charge < -0.3 is 10.6 Å². The third kappa shape index (κ3) is 2.44. The highest BCUT2D eigenvalue weighted by Gasteiger charge is 2.37. The first-order valence-corrected chi connectivity index (χ1v) is 5.74. The van der Waals surface area contributed by atoms with Crippen molar-refractivity contribution in [2.45, 2.75) is 19.8 Å². The lowest BCUT2D eigenvalue weighted by Crippen LogP contribution is -2.28. The molecule has 1 amide bonds. The van der Waals surface area contributed by atoms with E-state index in [4.69, 9.17) is 0 Å². The zero-order valence-electron chi connectivity index (χ0n) is 8.83. The summed E-state index contributed by atoms with van der Waals surface area (Å²) in [7, 11) is 1.76. The van der Waals surface area contributed by atoms with Gasteiger partial charge in [0.25, 0.3) is 5.91 Å². The van der Waals surface area contributed by atoms with E-state index in [1.54, 1.807) is 7.05 Å². The molecule has 1 aromatic rings. The van der Waals surface area contributed by atoms with Gasteiger partial charge in [0.2, 0.25) is 10.1 Å². The molecule has 1 fully saturated rings. The third-order valence-electron chi connectivity index (χ3n) is 2.61. The van der Waals surface area contributed by atoms with Gasteiger partial charge in [0.1, 0.15) is 0 Å². The van der Waals surface area contributed by atoms with Crippen molar-refractivity contribution in [3.05, 3.63) is 5.01 Å². The first-order valence-electron chi connectivity index (χ1n) is 4.92. The molecule has 1 aliphatic carbocycles. The lowest BCUT2D eigenvalue weighted by atomic mass is 10.1. The molecule has 6 heteroatoms. The van der Waals surface area contributed by atoms with Crippen LogP contribution in [0.25, 0.3) is 0 Å². The molecule has 0 saturated heterocycles. The molecular formula is C9H14N4OS. The van der Waals surface area contributed by atoms with Crippen molar-refractivity contribution in [1.29, 1.82) is 0 Å². The summed E-state index contributed by atoms with van der Waals surface area (Å²) >= 11 is 1.27. The van der Waals surface area contributed by atoms with E-state index in [0.29, 0.717) is 15.6 Å². The Morgan fingerprint density at radius 3 is 2.80 bits per heavy atom. The molecule has 0 aromatic carbocycles. The van der Waals surface area contributed by atoms with Gasteiger partial charge in [-0.05, 0) is 18.3 Å². The number of hydrogen-bond donors (Lipinski definition) is 2. The van der Waals surface area contributed by atoms with Crippen LogP contribution in [0.1, 0.15) is 29.6 Å². The lowest BCUT2D eigenvalue weighted by molar-refractivity contribution is 0.0945. The van der Waals surface area contributed by atoms with Gasteiger partial charge in [0.05, 0.1) is 0 Å². The predicted octanol–water partition coefficient (Wildman–Crippen LogP) is 1.11. The summed E-state index contributed by atoms with van der Waals surface area (Å²) in [4.78, 5) is 11.6. The van der Waals surface area contributed by atoms with E-state index in [2.05, 4.69) is 27.8 Å². The molecule has 1 saturated carbocycles. The molecule has 2 rings (SSSR count). The maximum Gasteiger partial charge on any atom is 0.282 e. The van der Waals surface area contributed by atoms with Gasteiger partial charge in [-0.2, -0.15) is 0 Å². The normalized spacial score (nSPS) is 17.2. The molecule has 0 radical (unpaired) electrons. The van der Waals surface area contributed by atoms with Crippen molar-refractivity contribution in [2.75, 3.05) is 18.9 Å². The number of carbonyl (C=O) groups is 1. The number of rotatable bonds is 4. The Balaban J connectivity index is 1.89. The standard InChI is InChI=1S/C9H14N4OS/c1-9(3-4-9)5-11-6(14)7-12-13-8(10-2)15-7/h3-5H2,1-2H3,(H,10,13)(H,11,14). The van der Waals surface area contributed by atoms with E-state index in [1.165, 1.54) is 24.2 Å². The number of nitrogens with zero attached hydrogens (tertiary/aromatic N) is 2. The first-order chi connectivity index (χ1) is 7.13. The Morgan fingerprint density at radius 1 is 1.53 bits per heavy atom. The van der Waals surface area contributed by atoms with Crippen LogP contribution in [0.15, 0.2) is 0 Å². The van der Waals surface area contributed by atoms with Crippen molar-refractivity contribution < 1.29 is 4.79 Å². The van der Waals surface area contributed by atoms with E-state index in [9.17, 15) is 4.79 Å². The second kappa shape index (κ2) is 3.77. The summed E-state index contributed by atoms with van der Waals surface area (Å²) in [6.07, 6.45) is 2.40. The van der Waals surface area contributed by atoms with Crippen molar-refractivity contribution in [1.82, 2.24) is 15.5 Å². The maximum absolute atomic E-state index is 11.6. The fourth-order valence-corrected chi connectivity index (χ4v) is 1.79. The van der Waals surface area contributed by atoms with Crippen LogP contribution >= 0.6 is 11.3 Å². The topological polar surface area (TPSA) is 66.9 Å². The summed E-state index contributed by atoms with van der Waals surface area (Å²) in [5, 5.41) is 14.4. The smallest absolute Gasteiger partial charge is 0.282 e. The van der Waals surface area contributed by atoms with Crippen LogP contribution in [0.2, 0.25) is 0 Å². The van der Waals surface area contributed by atoms with Crippen LogP contribution in [0.4, 0.5) is 5.13 Å². The van der Waals surface area contributed by atoms with Gasteiger partial charge >= 0.3 is 0 Å². The van der Waals surface area contributed by atoms with E-state index < -0.39 is 0 Å². The van der Waals surface area contributed by atoms with Gasteiger partial charge in [-0.25, -0.2) is 0 Å². The molecule has 0 aliphatic heterocycles. The summed E-state index contributed by atoms with van der Waals surface area (Å²) < 4.78 is 0. The van der Waals surface area contributed by atoms with Gasteiger partial charge in [-0.15, -0.1) is 10.2 Å². The number of amides is 1. The van der Waals surface area contributed by atoms with Crippen LogP contribution in [-0.4, -0.2) is 29.7 Å². The summed E-state index contributed by atoms with van der Waals surface area (Å²) in [5.74, 6) is -0.123. The van der Waals surface area contributed by atoms with E-state index in [0.717, 1.165) is 6.54 Å². The highest BCUT2D eigenvalue weighted by Crippen LogP contribution is 2.44. The molecule has 15 heavy (non-hydrogen) atoms. The van der Waals surface area contributed by atoms with Gasteiger partial charge in [0.15, 0.2) is 0 Å². The van der Waals surface area contributed by atoms with Crippen LogP contribution in [0, 0.1) is 5.41 Å². The minimum absolute atomic E-state index is 0.123. The molecule has 1 heterocycles. The van der Waals surface area contributed by atoms with E-state index in [-0.39, 0.29) is 5.91 Å². The quantitative estimate of drug-likeness (QED) is 0.807. The molecule has 1 aliphatic rings. The van der Waals surface area contributed by atoms with Gasteiger partial charge in [0, 0.05) is 13.6 Å². The largest absolute Gasteiger partial charge is 0.363 e. The average molecular weight is 226 g/mol. The molecule has 0 spiro atoms. The number of carbonyl (C=O) groups excluding carboxylic acids is 1.